The fourth-order valence-corrected chi connectivity index (χ4v) is 9.93. The molecule has 6 unspecified atom stereocenters. The summed E-state index contributed by atoms with van der Waals surface area (Å²) < 4.78 is 19.2. The van der Waals surface area contributed by atoms with Crippen LogP contribution in [-0.2, 0) is 19.1 Å². The van der Waals surface area contributed by atoms with Crippen LogP contribution in [0.3, 0.4) is 0 Å². The summed E-state index contributed by atoms with van der Waals surface area (Å²) in [7, 11) is 0. The lowest BCUT2D eigenvalue weighted by molar-refractivity contribution is -0.197. The lowest BCUT2D eigenvalue weighted by Crippen LogP contribution is -2.63. The third-order valence-corrected chi connectivity index (χ3v) is 11.7. The minimum absolute atomic E-state index is 0.00947. The molecule has 0 amide bonds. The summed E-state index contributed by atoms with van der Waals surface area (Å²) in [6.45, 7) is 6.42. The lowest BCUT2D eigenvalue weighted by Gasteiger charge is -2.59. The smallest absolute Gasteiger partial charge is 0.257 e. The highest BCUT2D eigenvalue weighted by molar-refractivity contribution is 7.99. The molecule has 3 saturated carbocycles. The molecule has 4 fully saturated rings. The van der Waals surface area contributed by atoms with Gasteiger partial charge in [-0.25, -0.2) is 4.98 Å². The molecule has 1 aromatic carbocycles. The number of aliphatic hydroxyl groups is 1. The zero-order valence-electron chi connectivity index (χ0n) is 23.3. The van der Waals surface area contributed by atoms with E-state index < -0.39 is 23.4 Å². The van der Waals surface area contributed by atoms with Crippen molar-refractivity contribution in [3.8, 4) is 0 Å². The Morgan fingerprint density at radius 2 is 2.08 bits per heavy atom. The maximum atomic E-state index is 14.4. The van der Waals surface area contributed by atoms with Crippen molar-refractivity contribution in [3.63, 3.8) is 0 Å². The van der Waals surface area contributed by atoms with E-state index in [-0.39, 0.29) is 46.6 Å². The Morgan fingerprint density at radius 1 is 1.25 bits per heavy atom. The summed E-state index contributed by atoms with van der Waals surface area (Å²) in [6.07, 6.45) is 8.58. The molecule has 7 nitrogen and oxygen atoms in total. The van der Waals surface area contributed by atoms with Gasteiger partial charge in [0, 0.05) is 16.7 Å². The number of aliphatic hydroxyl groups excluding tert-OH is 1. The maximum absolute atomic E-state index is 14.4. The maximum Gasteiger partial charge on any atom is 0.257 e. The van der Waals surface area contributed by atoms with E-state index in [1.165, 1.54) is 11.8 Å². The van der Waals surface area contributed by atoms with Gasteiger partial charge < -0.3 is 19.0 Å². The molecule has 0 radical (unpaired) electrons. The fourth-order valence-electron chi connectivity index (χ4n) is 9.15. The molecule has 2 aromatic rings. The molecule has 2 heterocycles. The number of aromatic nitrogens is 1. The summed E-state index contributed by atoms with van der Waals surface area (Å²) >= 11 is 1.30. The number of benzene rings is 1. The first-order valence-corrected chi connectivity index (χ1v) is 15.7. The quantitative estimate of drug-likeness (QED) is 0.450. The van der Waals surface area contributed by atoms with Crippen LogP contribution in [0.15, 0.2) is 57.7 Å². The van der Waals surface area contributed by atoms with Gasteiger partial charge in [0.05, 0.1) is 18.0 Å². The predicted octanol–water partition coefficient (Wildman–Crippen LogP) is 5.66. The highest BCUT2D eigenvalue weighted by atomic mass is 32.2. The van der Waals surface area contributed by atoms with Crippen molar-refractivity contribution in [1.29, 1.82) is 0 Å². The molecule has 40 heavy (non-hydrogen) atoms. The van der Waals surface area contributed by atoms with Crippen LogP contribution >= 0.6 is 11.8 Å². The van der Waals surface area contributed by atoms with Crippen LogP contribution in [0.1, 0.15) is 59.3 Å². The molecule has 0 spiro atoms. The van der Waals surface area contributed by atoms with Crippen molar-refractivity contribution in [2.75, 3.05) is 5.75 Å². The number of carbonyl (C=O) groups excluding carboxylic acids is 2. The Bertz CT molecular complexity index is 1400. The zero-order chi connectivity index (χ0) is 27.9. The number of rotatable bonds is 6. The average molecular weight is 564 g/mol. The zero-order valence-corrected chi connectivity index (χ0v) is 24.1. The summed E-state index contributed by atoms with van der Waals surface area (Å²) in [6, 6.07) is 7.59. The molecular weight excluding hydrogens is 526 g/mol. The van der Waals surface area contributed by atoms with Crippen molar-refractivity contribution in [2.45, 2.75) is 88.6 Å². The molecule has 5 aliphatic rings. The van der Waals surface area contributed by atoms with Crippen molar-refractivity contribution in [2.24, 2.45) is 28.6 Å². The number of hydrogen-bond acceptors (Lipinski definition) is 8. The predicted molar refractivity (Wildman–Crippen MR) is 151 cm³/mol. The number of thioether (sulfide) groups is 1. The molecule has 1 saturated heterocycles. The second-order valence-corrected chi connectivity index (χ2v) is 13.7. The number of hydrogen-bond donors (Lipinski definition) is 1. The van der Waals surface area contributed by atoms with E-state index in [1.54, 1.807) is 12.2 Å². The number of carbonyl (C=O) groups is 2. The highest BCUT2D eigenvalue weighted by Crippen LogP contribution is 2.69. The van der Waals surface area contributed by atoms with Crippen LogP contribution in [0.25, 0.3) is 11.1 Å². The largest absolute Gasteiger partial charge is 0.431 e. The Labute approximate surface area is 238 Å². The Hall–Kier alpha value is -2.26. The van der Waals surface area contributed by atoms with Crippen LogP contribution in [0, 0.1) is 28.6 Å². The summed E-state index contributed by atoms with van der Waals surface area (Å²) in [5.41, 5.74) is 0.524. The number of Topliss-reactive ketones (excluding diaryl/α,β-unsaturated/α-hetero) is 1. The molecule has 4 aliphatic carbocycles. The molecule has 1 aromatic heterocycles. The van der Waals surface area contributed by atoms with E-state index in [0.29, 0.717) is 17.2 Å². The van der Waals surface area contributed by atoms with E-state index in [0.717, 1.165) is 43.2 Å². The Morgan fingerprint density at radius 3 is 2.88 bits per heavy atom. The molecule has 0 bridgehead atoms. The van der Waals surface area contributed by atoms with Crippen LogP contribution in [0.5, 0.6) is 0 Å². The molecule has 1 aliphatic heterocycles. The van der Waals surface area contributed by atoms with Gasteiger partial charge in [-0.1, -0.05) is 62.7 Å². The van der Waals surface area contributed by atoms with Crippen molar-refractivity contribution < 1.29 is 28.6 Å². The second kappa shape index (κ2) is 9.38. The van der Waals surface area contributed by atoms with E-state index in [9.17, 15) is 14.7 Å². The second-order valence-electron chi connectivity index (χ2n) is 12.8. The minimum atomic E-state index is -1.13. The molecule has 9 atom stereocenters. The number of para-hydroxylation sites is 2. The van der Waals surface area contributed by atoms with Gasteiger partial charge in [0.2, 0.25) is 0 Å². The third-order valence-electron chi connectivity index (χ3n) is 10.8. The van der Waals surface area contributed by atoms with Gasteiger partial charge in [0.1, 0.15) is 5.52 Å². The average Bonchev–Trinajstić information content (AvgIpc) is 3.57. The van der Waals surface area contributed by atoms with Gasteiger partial charge in [0.25, 0.3) is 5.22 Å². The van der Waals surface area contributed by atoms with Crippen LogP contribution in [0.2, 0.25) is 0 Å². The van der Waals surface area contributed by atoms with E-state index >= 15 is 0 Å². The number of ketones is 2. The van der Waals surface area contributed by atoms with Crippen LogP contribution < -0.4 is 0 Å². The lowest BCUT2D eigenvalue weighted by atomic mass is 9.46. The number of nitrogens with zero attached hydrogens (tertiary/aromatic N) is 1. The standard InChI is InChI=1S/C32H37NO6S/c1-4-7-27-38-26-15-21-20-11-10-18-14-19(34)12-13-30(18,2)28(20)23(35)16-31(21,3)32(26,39-27)25(36)17-40-29-33-22-8-5-6-9-24(22)37-29/h5-6,8-9,12-14,20-21,23,26-28,35H,4,7,10-11,15-17H2,1-3H3/t20?,21?,23-,26+,27?,28?,30?,31?,32-/m0/s1. The Kier molecular flexibility index (Phi) is 6.24. The first-order valence-electron chi connectivity index (χ1n) is 14.7. The topological polar surface area (TPSA) is 98.9 Å². The van der Waals surface area contributed by atoms with E-state index in [2.05, 4.69) is 25.8 Å². The molecule has 212 valence electrons. The SMILES string of the molecule is CCCC1O[C@@H]2CC3C4CCC5=CC(=O)C=CC5(C)C4[C@@H](O)CC3(C)[C@@]2(C(=O)CSc2nc3ccccc3o2)O1. The first kappa shape index (κ1) is 26.6. The van der Waals surface area contributed by atoms with Crippen LogP contribution in [0.4, 0.5) is 0 Å². The number of ether oxygens (including phenoxy) is 2. The highest BCUT2D eigenvalue weighted by Gasteiger charge is 2.75. The van der Waals surface area contributed by atoms with Gasteiger partial charge in [0.15, 0.2) is 29.0 Å². The number of oxazole rings is 1. The van der Waals surface area contributed by atoms with Gasteiger partial charge in [-0.05, 0) is 68.2 Å². The normalized spacial score (nSPS) is 41.8. The van der Waals surface area contributed by atoms with Crippen molar-refractivity contribution in [3.05, 3.63) is 48.1 Å². The number of fused-ring (bicyclic) bond motifs is 8. The summed E-state index contributed by atoms with van der Waals surface area (Å²) in [4.78, 5) is 31.1. The third kappa shape index (κ3) is 3.65. The van der Waals surface area contributed by atoms with E-state index in [4.69, 9.17) is 13.9 Å². The molecule has 7 rings (SSSR count). The minimum Gasteiger partial charge on any atom is -0.431 e. The van der Waals surface area contributed by atoms with Gasteiger partial charge >= 0.3 is 0 Å². The Balaban J connectivity index is 1.22. The molecule has 1 N–H and O–H groups in total. The van der Waals surface area contributed by atoms with Gasteiger partial charge in [-0.3, -0.25) is 9.59 Å². The number of allylic oxidation sites excluding steroid dienone is 4. The van der Waals surface area contributed by atoms with Crippen LogP contribution in [-0.4, -0.2) is 51.5 Å². The first-order chi connectivity index (χ1) is 19.2. The monoisotopic (exact) mass is 563 g/mol. The molecular formula is C32H37NO6S. The molecule has 8 heteroatoms. The van der Waals surface area contributed by atoms with Crippen molar-refractivity contribution >= 4 is 34.4 Å². The van der Waals surface area contributed by atoms with Gasteiger partial charge in [-0.15, -0.1) is 0 Å². The van der Waals surface area contributed by atoms with Gasteiger partial charge in [-0.2, -0.15) is 0 Å². The summed E-state index contributed by atoms with van der Waals surface area (Å²) in [5, 5.41) is 12.3. The van der Waals surface area contributed by atoms with Crippen molar-refractivity contribution in [1.82, 2.24) is 4.98 Å². The fraction of sp³-hybridized carbons (Fsp3) is 0.594. The van der Waals surface area contributed by atoms with E-state index in [1.807, 2.05) is 30.3 Å². The summed E-state index contributed by atoms with van der Waals surface area (Å²) in [5.74, 6) is 0.530.